The normalized spacial score (nSPS) is 11.8. The van der Waals surface area contributed by atoms with Crippen molar-refractivity contribution in [2.45, 2.75) is 0 Å². The van der Waals surface area contributed by atoms with E-state index in [1.807, 2.05) is 0 Å². The summed E-state index contributed by atoms with van der Waals surface area (Å²) in [5.74, 6) is 0. The number of para-hydroxylation sites is 1. The predicted octanol–water partition coefficient (Wildman–Crippen LogP) is 13.2. The maximum Gasteiger partial charge on any atom is 0.143 e. The molecule has 0 amide bonds. The van der Waals surface area contributed by atoms with Gasteiger partial charge in [0.2, 0.25) is 0 Å². The number of hydrogen-bond acceptors (Lipinski definition) is 1. The van der Waals surface area contributed by atoms with Crippen LogP contribution in [0.2, 0.25) is 0 Å². The molecule has 1 aromatic heterocycles. The number of benzene rings is 9. The minimum absolute atomic E-state index is 0.903. The second-order valence-electron chi connectivity index (χ2n) is 12.5. The zero-order chi connectivity index (χ0) is 30.9. The molecule has 0 N–H and O–H groups in total. The summed E-state index contributed by atoms with van der Waals surface area (Å²) in [6.07, 6.45) is 0. The van der Waals surface area contributed by atoms with E-state index in [0.29, 0.717) is 0 Å². The van der Waals surface area contributed by atoms with Crippen LogP contribution in [-0.4, -0.2) is 0 Å². The van der Waals surface area contributed by atoms with Gasteiger partial charge in [0.05, 0.1) is 0 Å². The first-order valence-corrected chi connectivity index (χ1v) is 16.2. The van der Waals surface area contributed by atoms with Gasteiger partial charge >= 0.3 is 0 Å². The molecule has 0 unspecified atom stereocenters. The van der Waals surface area contributed by atoms with Crippen molar-refractivity contribution >= 4 is 54.3 Å². The molecule has 0 aliphatic carbocycles. The Hall–Kier alpha value is -6.18. The molecule has 47 heavy (non-hydrogen) atoms. The average Bonchev–Trinajstić information content (AvgIpc) is 3.53. The Labute approximate surface area is 272 Å². The van der Waals surface area contributed by atoms with Gasteiger partial charge in [-0.25, -0.2) is 0 Å². The van der Waals surface area contributed by atoms with Crippen molar-refractivity contribution in [3.8, 4) is 44.5 Å². The quantitative estimate of drug-likeness (QED) is 0.184. The van der Waals surface area contributed by atoms with Crippen LogP contribution < -0.4 is 0 Å². The minimum atomic E-state index is 0.903. The van der Waals surface area contributed by atoms with E-state index in [4.69, 9.17) is 4.42 Å². The fourth-order valence-electron chi connectivity index (χ4n) is 7.61. The Morgan fingerprint density at radius 1 is 0.298 bits per heavy atom. The second-order valence-corrected chi connectivity index (χ2v) is 12.5. The minimum Gasteiger partial charge on any atom is -0.455 e. The molecule has 0 aliphatic heterocycles. The van der Waals surface area contributed by atoms with Crippen LogP contribution in [0.3, 0.4) is 0 Å². The van der Waals surface area contributed by atoms with Crippen LogP contribution in [0.15, 0.2) is 174 Å². The summed E-state index contributed by atoms with van der Waals surface area (Å²) in [5.41, 5.74) is 11.4. The van der Waals surface area contributed by atoms with E-state index < -0.39 is 0 Å². The third-order valence-corrected chi connectivity index (χ3v) is 9.84. The van der Waals surface area contributed by atoms with Crippen molar-refractivity contribution in [2.75, 3.05) is 0 Å². The molecule has 1 heterocycles. The molecule has 0 atom stereocenters. The maximum atomic E-state index is 6.61. The molecule has 0 saturated heterocycles. The molecule has 1 heteroatoms. The average molecular weight is 597 g/mol. The van der Waals surface area contributed by atoms with Crippen LogP contribution in [0.25, 0.3) is 98.8 Å². The third-order valence-electron chi connectivity index (χ3n) is 9.84. The van der Waals surface area contributed by atoms with Crippen molar-refractivity contribution in [2.24, 2.45) is 0 Å². The monoisotopic (exact) mass is 596 g/mol. The first-order chi connectivity index (χ1) is 23.3. The molecule has 0 saturated carbocycles. The van der Waals surface area contributed by atoms with Crippen molar-refractivity contribution < 1.29 is 4.42 Å². The highest BCUT2D eigenvalue weighted by Gasteiger charge is 2.17. The molecule has 0 bridgehead atoms. The molecule has 0 radical (unpaired) electrons. The van der Waals surface area contributed by atoms with Crippen molar-refractivity contribution in [1.29, 1.82) is 0 Å². The summed E-state index contributed by atoms with van der Waals surface area (Å²) in [4.78, 5) is 0. The van der Waals surface area contributed by atoms with E-state index in [-0.39, 0.29) is 0 Å². The summed E-state index contributed by atoms with van der Waals surface area (Å²) in [7, 11) is 0. The zero-order valence-electron chi connectivity index (χ0n) is 25.6. The lowest BCUT2D eigenvalue weighted by molar-refractivity contribution is 0.670. The van der Waals surface area contributed by atoms with E-state index in [9.17, 15) is 0 Å². The Kier molecular flexibility index (Phi) is 5.64. The predicted molar refractivity (Wildman–Crippen MR) is 199 cm³/mol. The van der Waals surface area contributed by atoms with E-state index in [1.165, 1.54) is 65.7 Å². The number of hydrogen-bond donors (Lipinski definition) is 0. The third kappa shape index (κ3) is 4.03. The summed E-state index contributed by atoms with van der Waals surface area (Å²) in [6.45, 7) is 0. The fourth-order valence-corrected chi connectivity index (χ4v) is 7.61. The van der Waals surface area contributed by atoms with Crippen LogP contribution in [0.4, 0.5) is 0 Å². The van der Waals surface area contributed by atoms with Gasteiger partial charge in [-0.2, -0.15) is 0 Å². The van der Waals surface area contributed by atoms with Gasteiger partial charge in [-0.1, -0.05) is 152 Å². The highest BCUT2D eigenvalue weighted by Crippen LogP contribution is 2.44. The number of rotatable bonds is 4. The molecule has 10 rings (SSSR count). The van der Waals surface area contributed by atoms with Gasteiger partial charge in [0, 0.05) is 16.3 Å². The fraction of sp³-hybridized carbons (Fsp3) is 0. The largest absolute Gasteiger partial charge is 0.455 e. The molecule has 10 aromatic rings. The van der Waals surface area contributed by atoms with E-state index in [1.54, 1.807) is 0 Å². The molecule has 218 valence electrons. The first kappa shape index (κ1) is 26.1. The van der Waals surface area contributed by atoms with Gasteiger partial charge in [0.1, 0.15) is 11.2 Å². The number of fused-ring (bicyclic) bond motifs is 3. The van der Waals surface area contributed by atoms with Crippen molar-refractivity contribution in [3.63, 3.8) is 0 Å². The van der Waals surface area contributed by atoms with Gasteiger partial charge in [0.25, 0.3) is 0 Å². The molecular formula is C46H28O. The van der Waals surface area contributed by atoms with Gasteiger partial charge in [-0.05, 0) is 89.5 Å². The molecule has 0 spiro atoms. The van der Waals surface area contributed by atoms with Crippen molar-refractivity contribution in [1.82, 2.24) is 0 Å². The summed E-state index contributed by atoms with van der Waals surface area (Å²) < 4.78 is 6.61. The molecule has 9 aromatic carbocycles. The highest BCUT2D eigenvalue weighted by molar-refractivity contribution is 6.27. The Morgan fingerprint density at radius 3 is 1.60 bits per heavy atom. The van der Waals surface area contributed by atoms with Crippen LogP contribution >= 0.6 is 0 Å². The second kappa shape index (κ2) is 10.2. The van der Waals surface area contributed by atoms with Crippen molar-refractivity contribution in [3.05, 3.63) is 170 Å². The van der Waals surface area contributed by atoms with Gasteiger partial charge in [-0.3, -0.25) is 0 Å². The van der Waals surface area contributed by atoms with E-state index in [0.717, 1.165) is 33.1 Å². The topological polar surface area (TPSA) is 13.1 Å². The van der Waals surface area contributed by atoms with Gasteiger partial charge in [-0.15, -0.1) is 0 Å². The smallest absolute Gasteiger partial charge is 0.143 e. The molecule has 1 nitrogen and oxygen atoms in total. The summed E-state index contributed by atoms with van der Waals surface area (Å²) >= 11 is 0. The Bertz CT molecular complexity index is 2770. The van der Waals surface area contributed by atoms with Crippen LogP contribution in [0.5, 0.6) is 0 Å². The lowest BCUT2D eigenvalue weighted by atomic mass is 9.87. The zero-order valence-corrected chi connectivity index (χ0v) is 25.6. The Balaban J connectivity index is 1.15. The van der Waals surface area contributed by atoms with Crippen LogP contribution in [0.1, 0.15) is 0 Å². The summed E-state index contributed by atoms with van der Waals surface area (Å²) in [6, 6.07) is 61.4. The first-order valence-electron chi connectivity index (χ1n) is 16.2. The van der Waals surface area contributed by atoms with E-state index in [2.05, 4.69) is 170 Å². The highest BCUT2D eigenvalue weighted by atomic mass is 16.3. The van der Waals surface area contributed by atoms with Crippen LogP contribution in [0, 0.1) is 0 Å². The van der Waals surface area contributed by atoms with Crippen LogP contribution in [-0.2, 0) is 0 Å². The van der Waals surface area contributed by atoms with Gasteiger partial charge in [0.15, 0.2) is 0 Å². The summed E-state index contributed by atoms with van der Waals surface area (Å²) in [5, 5.41) is 10.0. The molecule has 0 fully saturated rings. The lowest BCUT2D eigenvalue weighted by Crippen LogP contribution is -1.89. The molecular weight excluding hydrogens is 569 g/mol. The lowest BCUT2D eigenvalue weighted by Gasteiger charge is -2.16. The molecule has 0 aliphatic rings. The SMILES string of the molecule is c1ccc(-c2cccc(-c3cccc4c3oc3ccc(-c5ccc6ccc7c(-c8ccccc8)ccc8ccc5c6c87)cc34)c2)cc1. The van der Waals surface area contributed by atoms with E-state index >= 15 is 0 Å². The standard InChI is InChI=1S/C46H28O/c1-3-9-29(10-4-1)33-13-7-14-34(27-33)38-15-8-16-41-42-28-35(21-26-43(42)47-46(38)41)37-23-18-32-19-24-39-36(30-11-5-2-6-12-30)22-17-31-20-25-40(37)45(32)44(31)39/h1-28H. The Morgan fingerprint density at radius 2 is 0.872 bits per heavy atom. The van der Waals surface area contributed by atoms with Gasteiger partial charge < -0.3 is 4.42 Å². The number of furan rings is 1. The maximum absolute atomic E-state index is 6.61.